The number of fused-ring (bicyclic) bond motifs is 1. The van der Waals surface area contributed by atoms with Crippen molar-refractivity contribution >= 4 is 28.0 Å². The molecule has 2 N–H and O–H groups in total. The Labute approximate surface area is 161 Å². The van der Waals surface area contributed by atoms with E-state index < -0.39 is 0 Å². The van der Waals surface area contributed by atoms with Crippen molar-refractivity contribution in [3.63, 3.8) is 0 Å². The van der Waals surface area contributed by atoms with Gasteiger partial charge < -0.3 is 20.1 Å². The number of ether oxygens (including phenoxy) is 2. The van der Waals surface area contributed by atoms with Gasteiger partial charge in [-0.3, -0.25) is 4.40 Å². The predicted octanol–water partition coefficient (Wildman–Crippen LogP) is 3.32. The van der Waals surface area contributed by atoms with Crippen LogP contribution in [0, 0.1) is 0 Å². The second-order valence-corrected chi connectivity index (χ2v) is 7.30. The normalized spacial score (nSPS) is 16.5. The van der Waals surface area contributed by atoms with Crippen molar-refractivity contribution in [2.75, 3.05) is 25.1 Å². The summed E-state index contributed by atoms with van der Waals surface area (Å²) in [7, 11) is 0. The van der Waals surface area contributed by atoms with E-state index in [1.54, 1.807) is 11.3 Å². The maximum Gasteiger partial charge on any atom is 0.319 e. The lowest BCUT2D eigenvalue weighted by Crippen LogP contribution is -2.30. The van der Waals surface area contributed by atoms with Gasteiger partial charge in [0.1, 0.15) is 12.4 Å². The van der Waals surface area contributed by atoms with Gasteiger partial charge in [-0.05, 0) is 37.1 Å². The maximum absolute atomic E-state index is 12.0. The van der Waals surface area contributed by atoms with E-state index in [0.29, 0.717) is 19.6 Å². The van der Waals surface area contributed by atoms with Crippen molar-refractivity contribution in [1.82, 2.24) is 14.7 Å². The molecule has 7 nitrogen and oxygen atoms in total. The molecule has 0 aliphatic carbocycles. The number of amides is 2. The monoisotopic (exact) mass is 386 g/mol. The number of carbonyl (C=O) groups is 1. The van der Waals surface area contributed by atoms with Crippen LogP contribution < -0.4 is 15.4 Å². The molecule has 0 spiro atoms. The molecule has 0 unspecified atom stereocenters. The Morgan fingerprint density at radius 2 is 2.26 bits per heavy atom. The minimum Gasteiger partial charge on any atom is -0.491 e. The molecule has 1 fully saturated rings. The topological polar surface area (TPSA) is 76.9 Å². The van der Waals surface area contributed by atoms with E-state index in [0.717, 1.165) is 41.5 Å². The Morgan fingerprint density at radius 1 is 1.37 bits per heavy atom. The zero-order chi connectivity index (χ0) is 18.5. The molecule has 1 aromatic carbocycles. The van der Waals surface area contributed by atoms with Crippen molar-refractivity contribution in [3.8, 4) is 5.75 Å². The summed E-state index contributed by atoms with van der Waals surface area (Å²) in [6.45, 7) is 1.92. The lowest BCUT2D eigenvalue weighted by atomic mass is 10.2. The Kier molecular flexibility index (Phi) is 5.55. The van der Waals surface area contributed by atoms with E-state index in [9.17, 15) is 4.79 Å². The Balaban J connectivity index is 1.18. The average Bonchev–Trinajstić information content (AvgIpc) is 3.39. The second kappa shape index (κ2) is 8.41. The predicted molar refractivity (Wildman–Crippen MR) is 105 cm³/mol. The number of rotatable bonds is 7. The zero-order valence-corrected chi connectivity index (χ0v) is 15.7. The van der Waals surface area contributed by atoms with Crippen LogP contribution in [0.15, 0.2) is 42.0 Å². The molecule has 142 valence electrons. The molecule has 1 atom stereocenters. The van der Waals surface area contributed by atoms with Crippen molar-refractivity contribution in [1.29, 1.82) is 0 Å². The van der Waals surface area contributed by atoms with Crippen LogP contribution in [-0.4, -0.2) is 41.3 Å². The maximum atomic E-state index is 12.0. The van der Waals surface area contributed by atoms with Gasteiger partial charge in [-0.1, -0.05) is 0 Å². The standard InChI is InChI=1S/C19H22N4O3S/c24-18(20-8-7-15-12-23-9-11-27-19(23)22-15)21-14-3-5-16(6-4-14)26-13-17-2-1-10-25-17/h3-6,9,11-12,17H,1-2,7-8,10,13H2,(H2,20,21,24)/t17-/m1/s1. The molecule has 1 aliphatic rings. The van der Waals surface area contributed by atoms with E-state index in [4.69, 9.17) is 9.47 Å². The van der Waals surface area contributed by atoms with Gasteiger partial charge in [-0.15, -0.1) is 11.3 Å². The van der Waals surface area contributed by atoms with Crippen LogP contribution in [-0.2, 0) is 11.2 Å². The number of hydrogen-bond donors (Lipinski definition) is 2. The van der Waals surface area contributed by atoms with Gasteiger partial charge in [0.25, 0.3) is 0 Å². The first-order chi connectivity index (χ1) is 13.3. The van der Waals surface area contributed by atoms with E-state index >= 15 is 0 Å². The average molecular weight is 386 g/mol. The first kappa shape index (κ1) is 17.8. The highest BCUT2D eigenvalue weighted by molar-refractivity contribution is 7.15. The number of aromatic nitrogens is 2. The van der Waals surface area contributed by atoms with Crippen LogP contribution in [0.4, 0.5) is 10.5 Å². The molecule has 3 heterocycles. The minimum atomic E-state index is -0.232. The van der Waals surface area contributed by atoms with E-state index in [2.05, 4.69) is 15.6 Å². The number of urea groups is 1. The quantitative estimate of drug-likeness (QED) is 0.653. The Morgan fingerprint density at radius 3 is 3.04 bits per heavy atom. The SMILES string of the molecule is O=C(NCCc1cn2ccsc2n1)Nc1ccc(OC[C@H]2CCCO2)cc1. The number of hydrogen-bond acceptors (Lipinski definition) is 5. The third-order valence-corrected chi connectivity index (χ3v) is 5.15. The highest BCUT2D eigenvalue weighted by Gasteiger charge is 2.15. The first-order valence-corrected chi connectivity index (χ1v) is 9.94. The molecule has 8 heteroatoms. The van der Waals surface area contributed by atoms with E-state index in [-0.39, 0.29) is 12.1 Å². The molecule has 1 saturated heterocycles. The first-order valence-electron chi connectivity index (χ1n) is 9.07. The summed E-state index contributed by atoms with van der Waals surface area (Å²) < 4.78 is 13.2. The van der Waals surface area contributed by atoms with Crippen molar-refractivity contribution < 1.29 is 14.3 Å². The summed E-state index contributed by atoms with van der Waals surface area (Å²) in [5.74, 6) is 0.774. The number of nitrogens with zero attached hydrogens (tertiary/aromatic N) is 2. The molecule has 0 radical (unpaired) electrons. The Bertz CT molecular complexity index is 855. The van der Waals surface area contributed by atoms with Crippen LogP contribution in [0.25, 0.3) is 4.96 Å². The molecule has 27 heavy (non-hydrogen) atoms. The zero-order valence-electron chi connectivity index (χ0n) is 14.9. The smallest absolute Gasteiger partial charge is 0.319 e. The summed E-state index contributed by atoms with van der Waals surface area (Å²) in [6, 6.07) is 7.12. The van der Waals surface area contributed by atoms with Gasteiger partial charge in [0.15, 0.2) is 4.96 Å². The fraction of sp³-hybridized carbons (Fsp3) is 0.368. The highest BCUT2D eigenvalue weighted by atomic mass is 32.1. The van der Waals surface area contributed by atoms with Crippen molar-refractivity contribution in [2.45, 2.75) is 25.4 Å². The number of benzene rings is 1. The van der Waals surface area contributed by atoms with E-state index in [1.807, 2.05) is 46.4 Å². The van der Waals surface area contributed by atoms with Gasteiger partial charge >= 0.3 is 6.03 Å². The van der Waals surface area contributed by atoms with Crippen LogP contribution >= 0.6 is 11.3 Å². The second-order valence-electron chi connectivity index (χ2n) is 6.43. The molecule has 0 bridgehead atoms. The molecule has 0 saturated carbocycles. The summed E-state index contributed by atoms with van der Waals surface area (Å²) in [6.07, 6.45) is 7.01. The fourth-order valence-electron chi connectivity index (χ4n) is 2.98. The number of carbonyl (C=O) groups excluding carboxylic acids is 1. The van der Waals surface area contributed by atoms with Gasteiger partial charge in [-0.25, -0.2) is 9.78 Å². The van der Waals surface area contributed by atoms with Gasteiger partial charge in [0.2, 0.25) is 0 Å². The summed E-state index contributed by atoms with van der Waals surface area (Å²) >= 11 is 1.60. The molecular weight excluding hydrogens is 364 g/mol. The lowest BCUT2D eigenvalue weighted by molar-refractivity contribution is 0.0679. The number of anilines is 1. The van der Waals surface area contributed by atoms with Crippen LogP contribution in [0.5, 0.6) is 5.75 Å². The molecule has 2 amide bonds. The number of thiazole rings is 1. The number of nitrogens with one attached hydrogen (secondary N) is 2. The van der Waals surface area contributed by atoms with Gasteiger partial charge in [-0.2, -0.15) is 0 Å². The molecule has 3 aromatic rings. The summed E-state index contributed by atoms with van der Waals surface area (Å²) in [4.78, 5) is 17.5. The molecule has 1 aliphatic heterocycles. The van der Waals surface area contributed by atoms with E-state index in [1.165, 1.54) is 0 Å². The molecule has 4 rings (SSSR count). The van der Waals surface area contributed by atoms with Crippen LogP contribution in [0.1, 0.15) is 18.5 Å². The Hall–Kier alpha value is -2.58. The molecule has 2 aromatic heterocycles. The summed E-state index contributed by atoms with van der Waals surface area (Å²) in [5.41, 5.74) is 1.69. The number of imidazole rings is 1. The van der Waals surface area contributed by atoms with Crippen molar-refractivity contribution in [3.05, 3.63) is 47.7 Å². The third kappa shape index (κ3) is 4.78. The highest BCUT2D eigenvalue weighted by Crippen LogP contribution is 2.18. The van der Waals surface area contributed by atoms with Gasteiger partial charge in [0, 0.05) is 43.0 Å². The van der Waals surface area contributed by atoms with Crippen molar-refractivity contribution in [2.24, 2.45) is 0 Å². The minimum absolute atomic E-state index is 0.194. The van der Waals surface area contributed by atoms with Gasteiger partial charge in [0.05, 0.1) is 11.8 Å². The van der Waals surface area contributed by atoms with Crippen LogP contribution in [0.3, 0.4) is 0 Å². The summed E-state index contributed by atoms with van der Waals surface area (Å²) in [5, 5.41) is 7.67. The largest absolute Gasteiger partial charge is 0.491 e. The fourth-order valence-corrected chi connectivity index (χ4v) is 3.69. The van der Waals surface area contributed by atoms with Crippen LogP contribution in [0.2, 0.25) is 0 Å². The third-order valence-electron chi connectivity index (χ3n) is 4.38. The molecular formula is C19H22N4O3S. The lowest BCUT2D eigenvalue weighted by Gasteiger charge is -2.12.